The Balaban J connectivity index is 2.15. The molecule has 1 aliphatic heterocycles. The first-order chi connectivity index (χ1) is 9.49. The Bertz CT molecular complexity index is 485. The first kappa shape index (κ1) is 14.7. The quantitative estimate of drug-likeness (QED) is 0.832. The molecule has 1 fully saturated rings. The van der Waals surface area contributed by atoms with Crippen molar-refractivity contribution in [3.63, 3.8) is 0 Å². The van der Waals surface area contributed by atoms with E-state index in [4.69, 9.17) is 10.8 Å². The molecule has 2 rings (SSSR count). The highest BCUT2D eigenvalue weighted by Gasteiger charge is 2.20. The van der Waals surface area contributed by atoms with E-state index in [1.807, 2.05) is 6.07 Å². The van der Waals surface area contributed by atoms with Gasteiger partial charge >= 0.3 is 5.97 Å². The van der Waals surface area contributed by atoms with E-state index in [0.717, 1.165) is 37.0 Å². The zero-order chi connectivity index (χ0) is 14.7. The molecule has 4 nitrogen and oxygen atoms in total. The SMILES string of the molecule is CC(C)C1CCCN(c2ccc(N)c(C(=O)O)c2)CC1. The molecule has 1 saturated heterocycles. The first-order valence-corrected chi connectivity index (χ1v) is 7.37. The second kappa shape index (κ2) is 6.16. The highest BCUT2D eigenvalue weighted by Crippen LogP contribution is 2.28. The Kier molecular flexibility index (Phi) is 4.53. The number of benzene rings is 1. The zero-order valence-corrected chi connectivity index (χ0v) is 12.3. The number of hydrogen-bond donors (Lipinski definition) is 2. The van der Waals surface area contributed by atoms with Crippen LogP contribution in [0.15, 0.2) is 18.2 Å². The molecule has 1 atom stereocenters. The van der Waals surface area contributed by atoms with Gasteiger partial charge in [0.05, 0.1) is 5.56 Å². The fraction of sp³-hybridized carbons (Fsp3) is 0.562. The summed E-state index contributed by atoms with van der Waals surface area (Å²) in [6.07, 6.45) is 3.59. The third-order valence-corrected chi connectivity index (χ3v) is 4.35. The molecule has 1 aromatic rings. The highest BCUT2D eigenvalue weighted by atomic mass is 16.4. The van der Waals surface area contributed by atoms with Crippen molar-refractivity contribution in [1.29, 1.82) is 0 Å². The van der Waals surface area contributed by atoms with Crippen LogP contribution in [0, 0.1) is 11.8 Å². The van der Waals surface area contributed by atoms with Crippen LogP contribution in [0.5, 0.6) is 0 Å². The summed E-state index contributed by atoms with van der Waals surface area (Å²) in [5, 5.41) is 9.16. The molecular formula is C16H24N2O2. The molecule has 1 aliphatic rings. The summed E-state index contributed by atoms with van der Waals surface area (Å²) in [7, 11) is 0. The predicted octanol–water partition coefficient (Wildman–Crippen LogP) is 3.23. The smallest absolute Gasteiger partial charge is 0.337 e. The molecule has 0 aliphatic carbocycles. The molecule has 1 aromatic carbocycles. The normalized spacial score (nSPS) is 19.9. The number of hydrogen-bond acceptors (Lipinski definition) is 3. The van der Waals surface area contributed by atoms with Crippen molar-refractivity contribution in [2.75, 3.05) is 23.7 Å². The van der Waals surface area contributed by atoms with E-state index in [1.54, 1.807) is 12.1 Å². The molecule has 1 unspecified atom stereocenters. The fourth-order valence-corrected chi connectivity index (χ4v) is 2.97. The van der Waals surface area contributed by atoms with Crippen LogP contribution in [0.1, 0.15) is 43.5 Å². The molecule has 110 valence electrons. The highest BCUT2D eigenvalue weighted by molar-refractivity contribution is 5.94. The summed E-state index contributed by atoms with van der Waals surface area (Å²) in [6, 6.07) is 5.33. The van der Waals surface area contributed by atoms with Gasteiger partial charge in [-0.05, 0) is 49.3 Å². The van der Waals surface area contributed by atoms with Gasteiger partial charge in [0.1, 0.15) is 0 Å². The maximum absolute atomic E-state index is 11.2. The van der Waals surface area contributed by atoms with Gasteiger partial charge in [0.2, 0.25) is 0 Å². The molecular weight excluding hydrogens is 252 g/mol. The summed E-state index contributed by atoms with van der Waals surface area (Å²) in [5.41, 5.74) is 7.22. The largest absolute Gasteiger partial charge is 0.478 e. The molecule has 3 N–H and O–H groups in total. The number of nitrogens with two attached hydrogens (primary N) is 1. The van der Waals surface area contributed by atoms with Crippen LogP contribution in [-0.4, -0.2) is 24.2 Å². The number of nitrogens with zero attached hydrogens (tertiary/aromatic N) is 1. The van der Waals surface area contributed by atoms with Crippen LogP contribution < -0.4 is 10.6 Å². The molecule has 0 aromatic heterocycles. The first-order valence-electron chi connectivity index (χ1n) is 7.37. The van der Waals surface area contributed by atoms with Crippen LogP contribution >= 0.6 is 0 Å². The lowest BCUT2D eigenvalue weighted by Gasteiger charge is -2.24. The second-order valence-corrected chi connectivity index (χ2v) is 6.00. The molecule has 0 spiro atoms. The summed E-state index contributed by atoms with van der Waals surface area (Å²) in [5.74, 6) is 0.530. The number of rotatable bonds is 3. The van der Waals surface area contributed by atoms with Gasteiger partial charge in [0.15, 0.2) is 0 Å². The minimum atomic E-state index is -0.959. The lowest BCUT2D eigenvalue weighted by molar-refractivity contribution is 0.0698. The Morgan fingerprint density at radius 3 is 2.75 bits per heavy atom. The van der Waals surface area contributed by atoms with E-state index < -0.39 is 5.97 Å². The van der Waals surface area contributed by atoms with Crippen molar-refractivity contribution in [2.24, 2.45) is 11.8 Å². The van der Waals surface area contributed by atoms with Crippen LogP contribution in [0.2, 0.25) is 0 Å². The van der Waals surface area contributed by atoms with E-state index >= 15 is 0 Å². The van der Waals surface area contributed by atoms with Crippen LogP contribution in [0.3, 0.4) is 0 Å². The third kappa shape index (κ3) is 3.24. The van der Waals surface area contributed by atoms with E-state index in [0.29, 0.717) is 5.69 Å². The average molecular weight is 276 g/mol. The predicted molar refractivity (Wildman–Crippen MR) is 82.2 cm³/mol. The minimum absolute atomic E-state index is 0.201. The van der Waals surface area contributed by atoms with Crippen molar-refractivity contribution >= 4 is 17.3 Å². The third-order valence-electron chi connectivity index (χ3n) is 4.35. The van der Waals surface area contributed by atoms with Gasteiger partial charge in [-0.25, -0.2) is 4.79 Å². The summed E-state index contributed by atoms with van der Waals surface area (Å²) >= 11 is 0. The Morgan fingerprint density at radius 1 is 1.35 bits per heavy atom. The lowest BCUT2D eigenvalue weighted by Crippen LogP contribution is -2.25. The number of carboxylic acid groups (broad SMARTS) is 1. The number of carboxylic acids is 1. The van der Waals surface area contributed by atoms with E-state index in [9.17, 15) is 4.79 Å². The number of carbonyl (C=O) groups is 1. The van der Waals surface area contributed by atoms with Gasteiger partial charge in [-0.2, -0.15) is 0 Å². The summed E-state index contributed by atoms with van der Waals surface area (Å²) < 4.78 is 0. The number of anilines is 2. The monoisotopic (exact) mass is 276 g/mol. The Morgan fingerprint density at radius 2 is 2.10 bits per heavy atom. The summed E-state index contributed by atoms with van der Waals surface area (Å²) in [4.78, 5) is 13.5. The molecule has 0 amide bonds. The Labute approximate surface area is 120 Å². The number of nitrogen functional groups attached to an aromatic ring is 1. The van der Waals surface area contributed by atoms with Crippen molar-refractivity contribution in [3.8, 4) is 0 Å². The minimum Gasteiger partial charge on any atom is -0.478 e. The second-order valence-electron chi connectivity index (χ2n) is 6.00. The molecule has 20 heavy (non-hydrogen) atoms. The van der Waals surface area contributed by atoms with E-state index in [-0.39, 0.29) is 5.56 Å². The topological polar surface area (TPSA) is 66.6 Å². The molecule has 4 heteroatoms. The number of aromatic carboxylic acids is 1. The standard InChI is InChI=1S/C16H24N2O2/c1-11(2)12-4-3-8-18(9-7-12)13-5-6-15(17)14(10-13)16(19)20/h5-6,10-12H,3-4,7-9,17H2,1-2H3,(H,19,20). The van der Waals surface area contributed by atoms with Crippen LogP contribution in [0.4, 0.5) is 11.4 Å². The zero-order valence-electron chi connectivity index (χ0n) is 12.3. The van der Waals surface area contributed by atoms with Crippen molar-refractivity contribution in [2.45, 2.75) is 33.1 Å². The van der Waals surface area contributed by atoms with Crippen molar-refractivity contribution < 1.29 is 9.90 Å². The average Bonchev–Trinajstić information content (AvgIpc) is 2.64. The molecule has 0 radical (unpaired) electrons. The van der Waals surface area contributed by atoms with Crippen molar-refractivity contribution in [3.05, 3.63) is 23.8 Å². The van der Waals surface area contributed by atoms with Crippen LogP contribution in [0.25, 0.3) is 0 Å². The molecule has 0 bridgehead atoms. The van der Waals surface area contributed by atoms with Gasteiger partial charge < -0.3 is 15.7 Å². The van der Waals surface area contributed by atoms with E-state index in [2.05, 4.69) is 18.7 Å². The van der Waals surface area contributed by atoms with Gasteiger partial charge in [0.25, 0.3) is 0 Å². The maximum atomic E-state index is 11.2. The van der Waals surface area contributed by atoms with Gasteiger partial charge in [-0.15, -0.1) is 0 Å². The van der Waals surface area contributed by atoms with E-state index in [1.165, 1.54) is 12.8 Å². The maximum Gasteiger partial charge on any atom is 0.337 e. The molecule has 1 heterocycles. The Hall–Kier alpha value is -1.71. The van der Waals surface area contributed by atoms with Gasteiger partial charge in [-0.3, -0.25) is 0 Å². The summed E-state index contributed by atoms with van der Waals surface area (Å²) in [6.45, 7) is 6.55. The van der Waals surface area contributed by atoms with Crippen LogP contribution in [-0.2, 0) is 0 Å². The fourth-order valence-electron chi connectivity index (χ4n) is 2.97. The van der Waals surface area contributed by atoms with Gasteiger partial charge in [0, 0.05) is 24.5 Å². The molecule has 0 saturated carbocycles. The lowest BCUT2D eigenvalue weighted by atomic mass is 9.89. The van der Waals surface area contributed by atoms with Crippen molar-refractivity contribution in [1.82, 2.24) is 0 Å². The van der Waals surface area contributed by atoms with Gasteiger partial charge in [-0.1, -0.05) is 13.8 Å².